The van der Waals surface area contributed by atoms with Gasteiger partial charge in [-0.05, 0) is 32.9 Å². The number of alkyl halides is 6. The normalized spacial score (nSPS) is 19.2. The van der Waals surface area contributed by atoms with E-state index in [2.05, 4.69) is 18.9 Å². The molecule has 1 heterocycles. The monoisotopic (exact) mass is 441 g/mol. The van der Waals surface area contributed by atoms with Crippen LogP contribution in [-0.2, 0) is 20.2 Å². The summed E-state index contributed by atoms with van der Waals surface area (Å²) < 4.78 is 115. The lowest BCUT2D eigenvalue weighted by molar-refractivity contribution is -0.0514. The van der Waals surface area contributed by atoms with Crippen molar-refractivity contribution in [3.8, 4) is 0 Å². The molecule has 0 spiro atoms. The lowest BCUT2D eigenvalue weighted by atomic mass is 10.1. The molecule has 0 amide bonds. The van der Waals surface area contributed by atoms with E-state index in [9.17, 15) is 26.3 Å². The largest absolute Gasteiger partial charge is 0.522 e. The molecule has 26 heavy (non-hydrogen) atoms. The van der Waals surface area contributed by atoms with E-state index < -0.39 is 31.3 Å². The molecule has 2 N–H and O–H groups in total. The highest BCUT2D eigenvalue weighted by atomic mass is 32.2. The van der Waals surface area contributed by atoms with Gasteiger partial charge in [0.25, 0.3) is 0 Å². The molecule has 0 aliphatic carbocycles. The molecule has 0 radical (unpaired) electrons. The van der Waals surface area contributed by atoms with Gasteiger partial charge in [0.2, 0.25) is 0 Å². The van der Waals surface area contributed by atoms with Gasteiger partial charge in [-0.2, -0.15) is 43.2 Å². The van der Waals surface area contributed by atoms with Crippen molar-refractivity contribution in [2.75, 3.05) is 13.6 Å². The zero-order valence-electron chi connectivity index (χ0n) is 13.9. The van der Waals surface area contributed by atoms with Crippen molar-refractivity contribution in [1.82, 2.24) is 4.90 Å². The zero-order chi connectivity index (χ0) is 21.4. The summed E-state index contributed by atoms with van der Waals surface area (Å²) in [6, 6.07) is 0.917. The first-order valence-corrected chi connectivity index (χ1v) is 10.00. The number of nitrogens with zero attached hydrogens (tertiary/aromatic N) is 1. The second-order valence-corrected chi connectivity index (χ2v) is 8.09. The predicted molar refractivity (Wildman–Crippen MR) is 80.4 cm³/mol. The fraction of sp³-hybridized carbons (Fsp3) is 1.00. The Morgan fingerprint density at radius 2 is 1.31 bits per heavy atom. The first-order chi connectivity index (χ1) is 11.3. The smallest absolute Gasteiger partial charge is 0.303 e. The van der Waals surface area contributed by atoms with E-state index in [0.717, 1.165) is 6.04 Å². The van der Waals surface area contributed by atoms with Crippen LogP contribution in [-0.4, -0.2) is 61.5 Å². The minimum Gasteiger partial charge on any atom is -0.303 e. The topological polar surface area (TPSA) is 112 Å². The minimum atomic E-state index is -5.84. The van der Waals surface area contributed by atoms with E-state index in [0.29, 0.717) is 0 Å². The summed E-state index contributed by atoms with van der Waals surface area (Å²) in [4.78, 5) is 2.51. The van der Waals surface area contributed by atoms with Crippen LogP contribution in [0.2, 0.25) is 0 Å². The van der Waals surface area contributed by atoms with Crippen molar-refractivity contribution in [1.29, 1.82) is 0 Å². The molecule has 1 aliphatic rings. The molecule has 0 aromatic rings. The number of unbranched alkanes of at least 4 members (excludes halogenated alkanes) is 1. The standard InChI is InChI=1S/C9H19N.2CHF3O3S/c1-3-4-6-9-7-5-8-10(9)2;2*2-1(3,4)8(5,6)7/h9H,3-8H2,1-2H3;2*(H,5,6,7). The molecule has 1 saturated heterocycles. The lowest BCUT2D eigenvalue weighted by Crippen LogP contribution is -2.24. The van der Waals surface area contributed by atoms with Crippen molar-refractivity contribution >= 4 is 20.2 Å². The molecule has 0 bridgehead atoms. The molecule has 0 aromatic carbocycles. The van der Waals surface area contributed by atoms with E-state index in [4.69, 9.17) is 25.9 Å². The highest BCUT2D eigenvalue weighted by Gasteiger charge is 2.45. The van der Waals surface area contributed by atoms with E-state index in [1.165, 1.54) is 38.6 Å². The Hall–Kier alpha value is -0.640. The van der Waals surface area contributed by atoms with Gasteiger partial charge < -0.3 is 4.90 Å². The summed E-state index contributed by atoms with van der Waals surface area (Å²) in [6.45, 7) is 3.60. The van der Waals surface area contributed by atoms with E-state index in [1.807, 2.05) is 0 Å². The molecule has 1 fully saturated rings. The van der Waals surface area contributed by atoms with E-state index in [1.54, 1.807) is 0 Å². The van der Waals surface area contributed by atoms with Crippen LogP contribution < -0.4 is 0 Å². The fourth-order valence-electron chi connectivity index (χ4n) is 1.78. The summed E-state index contributed by atoms with van der Waals surface area (Å²) in [5.41, 5.74) is -11.1. The molecule has 0 saturated carbocycles. The Morgan fingerprint density at radius 1 is 0.962 bits per heavy atom. The van der Waals surface area contributed by atoms with Gasteiger partial charge in [-0.15, -0.1) is 0 Å². The summed E-state index contributed by atoms with van der Waals surface area (Å²) in [5, 5.41) is 0. The third-order valence-electron chi connectivity index (χ3n) is 3.15. The first-order valence-electron chi connectivity index (χ1n) is 7.12. The quantitative estimate of drug-likeness (QED) is 0.393. The lowest BCUT2D eigenvalue weighted by Gasteiger charge is -2.18. The molecule has 1 unspecified atom stereocenters. The highest BCUT2D eigenvalue weighted by Crippen LogP contribution is 2.21. The maximum absolute atomic E-state index is 10.7. The number of rotatable bonds is 3. The van der Waals surface area contributed by atoms with Crippen LogP contribution in [0.1, 0.15) is 39.0 Å². The van der Waals surface area contributed by atoms with Gasteiger partial charge in [0.15, 0.2) is 0 Å². The number of hydrogen-bond donors (Lipinski definition) is 2. The molecule has 1 aliphatic heterocycles. The Labute approximate surface area is 147 Å². The van der Waals surface area contributed by atoms with Crippen LogP contribution >= 0.6 is 0 Å². The Kier molecular flexibility index (Phi) is 11.3. The number of likely N-dealkylation sites (tertiary alicyclic amines) is 1. The zero-order valence-corrected chi connectivity index (χ0v) is 15.5. The van der Waals surface area contributed by atoms with Crippen LogP contribution in [0.5, 0.6) is 0 Å². The number of halogens is 6. The SMILES string of the molecule is CCCCC1CCCN1C.O=S(=O)(O)C(F)(F)F.O=S(=O)(O)C(F)(F)F. The van der Waals surface area contributed by atoms with Crippen molar-refractivity contribution in [2.24, 2.45) is 0 Å². The third kappa shape index (κ3) is 11.9. The van der Waals surface area contributed by atoms with Gasteiger partial charge in [-0.1, -0.05) is 19.8 Å². The van der Waals surface area contributed by atoms with Crippen LogP contribution in [0.25, 0.3) is 0 Å². The molecule has 15 heteroatoms. The molecule has 7 nitrogen and oxygen atoms in total. The second-order valence-electron chi connectivity index (χ2n) is 5.26. The van der Waals surface area contributed by atoms with Crippen LogP contribution in [0.4, 0.5) is 26.3 Å². The molecule has 1 atom stereocenters. The van der Waals surface area contributed by atoms with Crippen LogP contribution in [0, 0.1) is 0 Å². The summed E-state index contributed by atoms with van der Waals surface area (Å²) in [7, 11) is -9.42. The summed E-state index contributed by atoms with van der Waals surface area (Å²) >= 11 is 0. The van der Waals surface area contributed by atoms with Crippen molar-refractivity contribution in [3.05, 3.63) is 0 Å². The highest BCUT2D eigenvalue weighted by molar-refractivity contribution is 7.86. The summed E-state index contributed by atoms with van der Waals surface area (Å²) in [6.07, 6.45) is 7.05. The third-order valence-corrected chi connectivity index (χ3v) is 4.32. The Morgan fingerprint density at radius 3 is 1.50 bits per heavy atom. The fourth-order valence-corrected chi connectivity index (χ4v) is 1.78. The van der Waals surface area contributed by atoms with Crippen molar-refractivity contribution in [2.45, 2.75) is 56.1 Å². The Balaban J connectivity index is 0. The average Bonchev–Trinajstić information content (AvgIpc) is 2.78. The van der Waals surface area contributed by atoms with Crippen molar-refractivity contribution < 1.29 is 52.3 Å². The predicted octanol–water partition coefficient (Wildman–Crippen LogP) is 3.06. The minimum absolute atomic E-state index is 0.917. The van der Waals surface area contributed by atoms with Gasteiger partial charge in [0.05, 0.1) is 0 Å². The number of hydrogen-bond acceptors (Lipinski definition) is 5. The van der Waals surface area contributed by atoms with Crippen LogP contribution in [0.3, 0.4) is 0 Å². The molecule has 160 valence electrons. The van der Waals surface area contributed by atoms with Crippen molar-refractivity contribution in [3.63, 3.8) is 0 Å². The van der Waals surface area contributed by atoms with Gasteiger partial charge in [0, 0.05) is 6.04 Å². The van der Waals surface area contributed by atoms with Gasteiger partial charge in [-0.3, -0.25) is 9.11 Å². The maximum Gasteiger partial charge on any atom is 0.522 e. The van der Waals surface area contributed by atoms with E-state index in [-0.39, 0.29) is 0 Å². The average molecular weight is 441 g/mol. The van der Waals surface area contributed by atoms with Gasteiger partial charge in [0.1, 0.15) is 0 Å². The second kappa shape index (κ2) is 10.6. The van der Waals surface area contributed by atoms with Crippen LogP contribution in [0.15, 0.2) is 0 Å². The molecule has 0 aromatic heterocycles. The van der Waals surface area contributed by atoms with Gasteiger partial charge in [-0.25, -0.2) is 0 Å². The molecular formula is C11H21F6NO6S2. The van der Waals surface area contributed by atoms with Gasteiger partial charge >= 0.3 is 31.3 Å². The molecular weight excluding hydrogens is 420 g/mol. The van der Waals surface area contributed by atoms with E-state index >= 15 is 0 Å². The maximum atomic E-state index is 10.7. The molecule has 1 rings (SSSR count). The Bertz CT molecular complexity index is 560. The summed E-state index contributed by atoms with van der Waals surface area (Å²) in [5.74, 6) is 0. The first kappa shape index (κ1) is 27.6.